The SMILES string of the molecule is CC(C)CN(CCC(N)c1ccc(F)cc1)C1CCCC1. The summed E-state index contributed by atoms with van der Waals surface area (Å²) in [5.41, 5.74) is 7.31. The number of rotatable bonds is 7. The minimum atomic E-state index is -0.196. The molecule has 21 heavy (non-hydrogen) atoms. The normalized spacial score (nSPS) is 17.8. The zero-order valence-electron chi connectivity index (χ0n) is 13.4. The second-order valence-electron chi connectivity index (χ2n) is 6.77. The fourth-order valence-electron chi connectivity index (χ4n) is 3.34. The van der Waals surface area contributed by atoms with E-state index >= 15 is 0 Å². The van der Waals surface area contributed by atoms with Crippen LogP contribution in [0.25, 0.3) is 0 Å². The lowest BCUT2D eigenvalue weighted by molar-refractivity contribution is 0.171. The van der Waals surface area contributed by atoms with Crippen LogP contribution in [0.3, 0.4) is 0 Å². The van der Waals surface area contributed by atoms with Crippen LogP contribution >= 0.6 is 0 Å². The minimum Gasteiger partial charge on any atom is -0.324 e. The van der Waals surface area contributed by atoms with Crippen molar-refractivity contribution < 1.29 is 4.39 Å². The second kappa shape index (κ2) is 7.90. The molecule has 0 bridgehead atoms. The van der Waals surface area contributed by atoms with Gasteiger partial charge in [0.15, 0.2) is 0 Å². The largest absolute Gasteiger partial charge is 0.324 e. The molecule has 0 spiro atoms. The lowest BCUT2D eigenvalue weighted by atomic mass is 10.0. The summed E-state index contributed by atoms with van der Waals surface area (Å²) in [6.45, 7) is 6.76. The van der Waals surface area contributed by atoms with Crippen molar-refractivity contribution in [3.8, 4) is 0 Å². The molecular formula is C18H29FN2. The number of nitrogens with two attached hydrogens (primary N) is 1. The van der Waals surface area contributed by atoms with Crippen LogP contribution in [0.4, 0.5) is 4.39 Å². The van der Waals surface area contributed by atoms with Crippen LogP contribution < -0.4 is 5.73 Å². The summed E-state index contributed by atoms with van der Waals surface area (Å²) in [5.74, 6) is 0.492. The molecule has 1 atom stereocenters. The Labute approximate surface area is 128 Å². The highest BCUT2D eigenvalue weighted by Crippen LogP contribution is 2.25. The first-order valence-electron chi connectivity index (χ1n) is 8.31. The van der Waals surface area contributed by atoms with E-state index in [-0.39, 0.29) is 11.9 Å². The molecule has 0 aliphatic heterocycles. The van der Waals surface area contributed by atoms with Crippen LogP contribution in [0.15, 0.2) is 24.3 Å². The molecular weight excluding hydrogens is 263 g/mol. The first-order valence-corrected chi connectivity index (χ1v) is 8.31. The van der Waals surface area contributed by atoms with Crippen molar-refractivity contribution in [1.82, 2.24) is 4.90 Å². The van der Waals surface area contributed by atoms with Crippen molar-refractivity contribution in [3.05, 3.63) is 35.6 Å². The van der Waals surface area contributed by atoms with Gasteiger partial charge in [0.25, 0.3) is 0 Å². The topological polar surface area (TPSA) is 29.3 Å². The summed E-state index contributed by atoms with van der Waals surface area (Å²) in [5, 5.41) is 0. The van der Waals surface area contributed by atoms with Crippen molar-refractivity contribution in [2.24, 2.45) is 11.7 Å². The van der Waals surface area contributed by atoms with Crippen molar-refractivity contribution in [1.29, 1.82) is 0 Å². The summed E-state index contributed by atoms with van der Waals surface area (Å²) in [6, 6.07) is 7.36. The predicted molar refractivity (Wildman–Crippen MR) is 86.6 cm³/mol. The Morgan fingerprint density at radius 3 is 2.38 bits per heavy atom. The predicted octanol–water partition coefficient (Wildman–Crippen LogP) is 4.12. The number of nitrogens with zero attached hydrogens (tertiary/aromatic N) is 1. The van der Waals surface area contributed by atoms with Gasteiger partial charge in [-0.3, -0.25) is 0 Å². The molecule has 1 aliphatic carbocycles. The average Bonchev–Trinajstić information content (AvgIpc) is 2.97. The first-order chi connectivity index (χ1) is 10.1. The fourth-order valence-corrected chi connectivity index (χ4v) is 3.34. The molecule has 2 rings (SSSR count). The Morgan fingerprint density at radius 1 is 1.19 bits per heavy atom. The van der Waals surface area contributed by atoms with Gasteiger partial charge in [-0.1, -0.05) is 38.8 Å². The number of hydrogen-bond donors (Lipinski definition) is 1. The summed E-state index contributed by atoms with van der Waals surface area (Å²) in [6.07, 6.45) is 6.33. The third-order valence-electron chi connectivity index (χ3n) is 4.47. The summed E-state index contributed by atoms with van der Waals surface area (Å²) < 4.78 is 13.0. The van der Waals surface area contributed by atoms with E-state index in [4.69, 9.17) is 5.73 Å². The Kier molecular flexibility index (Phi) is 6.19. The van der Waals surface area contributed by atoms with E-state index in [2.05, 4.69) is 18.7 Å². The van der Waals surface area contributed by atoms with Crippen molar-refractivity contribution >= 4 is 0 Å². The molecule has 1 aromatic carbocycles. The molecule has 0 aromatic heterocycles. The van der Waals surface area contributed by atoms with E-state index in [1.807, 2.05) is 12.1 Å². The van der Waals surface area contributed by atoms with Gasteiger partial charge in [0.2, 0.25) is 0 Å². The maximum atomic E-state index is 13.0. The highest BCUT2D eigenvalue weighted by atomic mass is 19.1. The quantitative estimate of drug-likeness (QED) is 0.819. The van der Waals surface area contributed by atoms with Crippen molar-refractivity contribution in [2.45, 2.75) is 58.0 Å². The molecule has 1 saturated carbocycles. The zero-order valence-corrected chi connectivity index (χ0v) is 13.4. The van der Waals surface area contributed by atoms with Gasteiger partial charge in [-0.15, -0.1) is 0 Å². The van der Waals surface area contributed by atoms with Gasteiger partial charge in [-0.05, 0) is 42.9 Å². The molecule has 0 saturated heterocycles. The summed E-state index contributed by atoms with van der Waals surface area (Å²) >= 11 is 0. The molecule has 1 unspecified atom stereocenters. The summed E-state index contributed by atoms with van der Waals surface area (Å²) in [4.78, 5) is 2.63. The van der Waals surface area contributed by atoms with E-state index in [0.717, 1.165) is 31.1 Å². The smallest absolute Gasteiger partial charge is 0.123 e. The van der Waals surface area contributed by atoms with Crippen LogP contribution in [-0.2, 0) is 0 Å². The lowest BCUT2D eigenvalue weighted by Crippen LogP contribution is -2.38. The standard InChI is InChI=1S/C18H29FN2/c1-14(2)13-21(17-5-3-4-6-17)12-11-18(20)15-7-9-16(19)10-8-15/h7-10,14,17-18H,3-6,11-13,20H2,1-2H3. The molecule has 0 amide bonds. The van der Waals surface area contributed by atoms with Gasteiger partial charge in [-0.2, -0.15) is 0 Å². The van der Waals surface area contributed by atoms with Gasteiger partial charge in [-0.25, -0.2) is 4.39 Å². The molecule has 1 fully saturated rings. The molecule has 0 radical (unpaired) electrons. The third-order valence-corrected chi connectivity index (χ3v) is 4.47. The Hall–Kier alpha value is -0.930. The van der Waals surface area contributed by atoms with Crippen LogP contribution in [-0.4, -0.2) is 24.0 Å². The maximum Gasteiger partial charge on any atom is 0.123 e. The van der Waals surface area contributed by atoms with Crippen LogP contribution in [0.5, 0.6) is 0 Å². The van der Waals surface area contributed by atoms with Gasteiger partial charge >= 0.3 is 0 Å². The van der Waals surface area contributed by atoms with Crippen LogP contribution in [0.1, 0.15) is 57.6 Å². The first kappa shape index (κ1) is 16.4. The van der Waals surface area contributed by atoms with Crippen molar-refractivity contribution in [3.63, 3.8) is 0 Å². The van der Waals surface area contributed by atoms with Gasteiger partial charge in [0.05, 0.1) is 0 Å². The van der Waals surface area contributed by atoms with E-state index in [0.29, 0.717) is 5.92 Å². The Balaban J connectivity index is 1.89. The minimum absolute atomic E-state index is 0.00154. The van der Waals surface area contributed by atoms with Crippen LogP contribution in [0.2, 0.25) is 0 Å². The second-order valence-corrected chi connectivity index (χ2v) is 6.77. The summed E-state index contributed by atoms with van der Waals surface area (Å²) in [7, 11) is 0. The van der Waals surface area contributed by atoms with E-state index < -0.39 is 0 Å². The van der Waals surface area contributed by atoms with Crippen molar-refractivity contribution in [2.75, 3.05) is 13.1 Å². The van der Waals surface area contributed by atoms with Gasteiger partial charge in [0, 0.05) is 25.2 Å². The number of halogens is 1. The monoisotopic (exact) mass is 292 g/mol. The van der Waals surface area contributed by atoms with Crippen LogP contribution in [0, 0.1) is 11.7 Å². The highest BCUT2D eigenvalue weighted by Gasteiger charge is 2.23. The van der Waals surface area contributed by atoms with E-state index in [1.54, 1.807) is 0 Å². The Bertz CT molecular complexity index is 410. The van der Waals surface area contributed by atoms with E-state index in [9.17, 15) is 4.39 Å². The lowest BCUT2D eigenvalue weighted by Gasteiger charge is -2.31. The molecule has 3 heteroatoms. The average molecular weight is 292 g/mol. The number of hydrogen-bond acceptors (Lipinski definition) is 2. The molecule has 2 N–H and O–H groups in total. The molecule has 0 heterocycles. The Morgan fingerprint density at radius 2 is 1.81 bits per heavy atom. The van der Waals surface area contributed by atoms with E-state index in [1.165, 1.54) is 37.8 Å². The van der Waals surface area contributed by atoms with Gasteiger partial charge in [0.1, 0.15) is 5.82 Å². The highest BCUT2D eigenvalue weighted by molar-refractivity contribution is 5.19. The fraction of sp³-hybridized carbons (Fsp3) is 0.667. The maximum absolute atomic E-state index is 13.0. The zero-order chi connectivity index (χ0) is 15.2. The molecule has 2 nitrogen and oxygen atoms in total. The molecule has 1 aliphatic rings. The van der Waals surface area contributed by atoms with Gasteiger partial charge < -0.3 is 10.6 Å². The molecule has 1 aromatic rings. The number of benzene rings is 1. The third kappa shape index (κ3) is 5.08. The molecule has 118 valence electrons.